The summed E-state index contributed by atoms with van der Waals surface area (Å²) in [5, 5.41) is 5.46. The molecule has 0 saturated carbocycles. The molecule has 6 rings (SSSR count). The van der Waals surface area contributed by atoms with E-state index in [0.29, 0.717) is 11.1 Å². The first-order valence-electron chi connectivity index (χ1n) is 9.56. The second-order valence-electron chi connectivity index (χ2n) is 7.24. The van der Waals surface area contributed by atoms with Gasteiger partial charge in [0.1, 0.15) is 5.58 Å². The van der Waals surface area contributed by atoms with Crippen LogP contribution < -0.4 is 10.9 Å². The molecule has 4 nitrogen and oxygen atoms in total. The second kappa shape index (κ2) is 6.04. The van der Waals surface area contributed by atoms with Gasteiger partial charge in [0, 0.05) is 28.6 Å². The van der Waals surface area contributed by atoms with Gasteiger partial charge in [0.2, 0.25) is 0 Å². The highest BCUT2D eigenvalue weighted by Gasteiger charge is 2.33. The summed E-state index contributed by atoms with van der Waals surface area (Å²) in [5.74, 6) is -0.240. The topological polar surface area (TPSA) is 55.1 Å². The van der Waals surface area contributed by atoms with Gasteiger partial charge in [0.15, 0.2) is 0 Å². The number of fused-ring (bicyclic) bond motifs is 6. The van der Waals surface area contributed by atoms with Gasteiger partial charge in [-0.25, -0.2) is 4.79 Å². The van der Waals surface area contributed by atoms with Gasteiger partial charge in [-0.3, -0.25) is 4.98 Å². The summed E-state index contributed by atoms with van der Waals surface area (Å²) >= 11 is 0. The largest absolute Gasteiger partial charge is 0.422 e. The Morgan fingerprint density at radius 1 is 0.793 bits per heavy atom. The summed E-state index contributed by atoms with van der Waals surface area (Å²) in [4.78, 5) is 17.7. The number of benzene rings is 3. The number of nitrogens with zero attached hydrogens (tertiary/aromatic N) is 1. The van der Waals surface area contributed by atoms with E-state index in [1.807, 2.05) is 60.7 Å². The summed E-state index contributed by atoms with van der Waals surface area (Å²) < 4.78 is 5.73. The van der Waals surface area contributed by atoms with Crippen molar-refractivity contribution in [3.05, 3.63) is 112 Å². The average molecular weight is 376 g/mol. The third-order valence-electron chi connectivity index (χ3n) is 5.64. The molecule has 5 aromatic rings. The maximum absolute atomic E-state index is 13.2. The van der Waals surface area contributed by atoms with Gasteiger partial charge in [-0.1, -0.05) is 48.5 Å². The summed E-state index contributed by atoms with van der Waals surface area (Å²) in [5.41, 5.74) is 5.73. The molecule has 0 amide bonds. The lowest BCUT2D eigenvalue weighted by Crippen LogP contribution is -2.22. The lowest BCUT2D eigenvalue weighted by atomic mass is 9.79. The molecule has 29 heavy (non-hydrogen) atoms. The normalized spacial score (nSPS) is 15.0. The molecule has 2 aromatic heterocycles. The Morgan fingerprint density at radius 3 is 2.48 bits per heavy atom. The van der Waals surface area contributed by atoms with Crippen LogP contribution in [0.4, 0.5) is 11.4 Å². The molecule has 0 aliphatic carbocycles. The van der Waals surface area contributed by atoms with Crippen molar-refractivity contribution in [2.24, 2.45) is 0 Å². The number of para-hydroxylation sites is 1. The second-order valence-corrected chi connectivity index (χ2v) is 7.24. The van der Waals surface area contributed by atoms with Crippen LogP contribution in [0.5, 0.6) is 0 Å². The fourth-order valence-electron chi connectivity index (χ4n) is 4.41. The summed E-state index contributed by atoms with van der Waals surface area (Å²) in [6.07, 6.45) is 1.79. The summed E-state index contributed by atoms with van der Waals surface area (Å²) in [6.45, 7) is 0. The Labute approximate surface area is 166 Å². The number of rotatable bonds is 1. The average Bonchev–Trinajstić information content (AvgIpc) is 2.78. The van der Waals surface area contributed by atoms with E-state index in [1.54, 1.807) is 6.20 Å². The van der Waals surface area contributed by atoms with Crippen LogP contribution in [0.25, 0.3) is 21.9 Å². The molecule has 1 aliphatic rings. The molecule has 0 spiro atoms. The van der Waals surface area contributed by atoms with Crippen LogP contribution in [0.2, 0.25) is 0 Å². The minimum atomic E-state index is -0.313. The monoisotopic (exact) mass is 376 g/mol. The van der Waals surface area contributed by atoms with E-state index in [2.05, 4.69) is 28.5 Å². The molecular formula is C25H16N2O2. The zero-order valence-electron chi connectivity index (χ0n) is 15.4. The molecule has 0 fully saturated rings. The Bertz CT molecular complexity index is 1450. The smallest absolute Gasteiger partial charge is 0.342 e. The number of pyridine rings is 1. The molecule has 1 atom stereocenters. The first kappa shape index (κ1) is 16.1. The lowest BCUT2D eigenvalue weighted by molar-refractivity contribution is 0.549. The zero-order valence-corrected chi connectivity index (χ0v) is 15.4. The van der Waals surface area contributed by atoms with Gasteiger partial charge in [-0.05, 0) is 41.5 Å². The third kappa shape index (κ3) is 2.32. The van der Waals surface area contributed by atoms with Crippen LogP contribution in [-0.4, -0.2) is 4.98 Å². The first-order chi connectivity index (χ1) is 14.3. The van der Waals surface area contributed by atoms with Crippen LogP contribution >= 0.6 is 0 Å². The van der Waals surface area contributed by atoms with E-state index in [9.17, 15) is 4.79 Å². The lowest BCUT2D eigenvalue weighted by Gasteiger charge is -2.30. The minimum absolute atomic E-state index is 0.240. The van der Waals surface area contributed by atoms with Gasteiger partial charge >= 0.3 is 5.63 Å². The molecule has 3 aromatic carbocycles. The molecule has 0 radical (unpaired) electrons. The van der Waals surface area contributed by atoms with E-state index >= 15 is 0 Å². The van der Waals surface area contributed by atoms with Crippen molar-refractivity contribution in [1.29, 1.82) is 0 Å². The summed E-state index contributed by atoms with van der Waals surface area (Å²) in [7, 11) is 0. The minimum Gasteiger partial charge on any atom is -0.422 e. The maximum atomic E-state index is 13.2. The van der Waals surface area contributed by atoms with Crippen molar-refractivity contribution in [3.63, 3.8) is 0 Å². The fourth-order valence-corrected chi connectivity index (χ4v) is 4.41. The van der Waals surface area contributed by atoms with Crippen LogP contribution in [0, 0.1) is 0 Å². The number of hydrogen-bond donors (Lipinski definition) is 1. The Morgan fingerprint density at radius 2 is 1.59 bits per heavy atom. The highest BCUT2D eigenvalue weighted by Crippen LogP contribution is 2.48. The number of aromatic nitrogens is 1. The van der Waals surface area contributed by atoms with E-state index in [-0.39, 0.29) is 11.5 Å². The fraction of sp³-hybridized carbons (Fsp3) is 0.0400. The molecule has 4 heteroatoms. The van der Waals surface area contributed by atoms with Crippen LogP contribution in [0.3, 0.4) is 0 Å². The first-order valence-corrected chi connectivity index (χ1v) is 9.56. The van der Waals surface area contributed by atoms with E-state index in [1.165, 1.54) is 0 Å². The van der Waals surface area contributed by atoms with Crippen LogP contribution in [-0.2, 0) is 0 Å². The molecule has 1 N–H and O–H groups in total. The van der Waals surface area contributed by atoms with E-state index in [4.69, 9.17) is 4.42 Å². The SMILES string of the molecule is O=c1oc2ccccc2c2c1C(c1ccccc1)c1c(ccc3ncccc13)N2. The van der Waals surface area contributed by atoms with Crippen molar-refractivity contribution in [1.82, 2.24) is 4.98 Å². The van der Waals surface area contributed by atoms with Crippen molar-refractivity contribution in [2.45, 2.75) is 5.92 Å². The van der Waals surface area contributed by atoms with Crippen molar-refractivity contribution >= 4 is 33.2 Å². The summed E-state index contributed by atoms with van der Waals surface area (Å²) in [6, 6.07) is 25.8. The van der Waals surface area contributed by atoms with Gasteiger partial charge in [0.25, 0.3) is 0 Å². The predicted molar refractivity (Wildman–Crippen MR) is 115 cm³/mol. The Hall–Kier alpha value is -3.92. The molecule has 1 unspecified atom stereocenters. The standard InChI is InChI=1S/C25H16N2O2/c28-25-23-21(15-7-2-1-3-8-15)22-16-10-6-14-26-18(16)12-13-19(22)27-24(23)17-9-4-5-11-20(17)29-25/h1-14,21,27H. The van der Waals surface area contributed by atoms with E-state index in [0.717, 1.165) is 38.8 Å². The Kier molecular flexibility index (Phi) is 3.35. The molecule has 138 valence electrons. The number of hydrogen-bond acceptors (Lipinski definition) is 4. The van der Waals surface area contributed by atoms with Crippen LogP contribution in [0.15, 0.2) is 94.3 Å². The van der Waals surface area contributed by atoms with Gasteiger partial charge in [0.05, 0.1) is 16.8 Å². The third-order valence-corrected chi connectivity index (χ3v) is 5.64. The van der Waals surface area contributed by atoms with Crippen molar-refractivity contribution < 1.29 is 4.42 Å². The Balaban J connectivity index is 1.78. The predicted octanol–water partition coefficient (Wildman–Crippen LogP) is 5.58. The van der Waals surface area contributed by atoms with Crippen molar-refractivity contribution in [2.75, 3.05) is 5.32 Å². The molecular weight excluding hydrogens is 360 g/mol. The van der Waals surface area contributed by atoms with Gasteiger partial charge in [-0.15, -0.1) is 0 Å². The molecule has 3 heterocycles. The number of anilines is 2. The van der Waals surface area contributed by atoms with E-state index < -0.39 is 0 Å². The zero-order chi connectivity index (χ0) is 19.4. The molecule has 1 aliphatic heterocycles. The van der Waals surface area contributed by atoms with Gasteiger partial charge in [-0.2, -0.15) is 0 Å². The highest BCUT2D eigenvalue weighted by atomic mass is 16.4. The quantitative estimate of drug-likeness (QED) is 0.381. The van der Waals surface area contributed by atoms with Crippen molar-refractivity contribution in [3.8, 4) is 0 Å². The van der Waals surface area contributed by atoms with Crippen LogP contribution in [0.1, 0.15) is 22.6 Å². The maximum Gasteiger partial charge on any atom is 0.342 e. The molecule has 0 saturated heterocycles. The highest BCUT2D eigenvalue weighted by molar-refractivity contribution is 6.00. The van der Waals surface area contributed by atoms with Gasteiger partial charge < -0.3 is 9.73 Å². The molecule has 0 bridgehead atoms. The number of nitrogens with one attached hydrogen (secondary N) is 1.